The first-order valence-corrected chi connectivity index (χ1v) is 8.01. The van der Waals surface area contributed by atoms with E-state index >= 15 is 0 Å². The summed E-state index contributed by atoms with van der Waals surface area (Å²) in [6, 6.07) is 5.37. The van der Waals surface area contributed by atoms with Crippen molar-refractivity contribution in [2.45, 2.75) is 27.2 Å². The Morgan fingerprint density at radius 3 is 2.45 bits per heavy atom. The van der Waals surface area contributed by atoms with Gasteiger partial charge in [-0.1, -0.05) is 44.0 Å². The Morgan fingerprint density at radius 1 is 1.25 bits per heavy atom. The van der Waals surface area contributed by atoms with Crippen LogP contribution in [0.2, 0.25) is 10.0 Å². The van der Waals surface area contributed by atoms with Crippen molar-refractivity contribution in [3.63, 3.8) is 0 Å². The van der Waals surface area contributed by atoms with E-state index in [-0.39, 0.29) is 5.41 Å². The Hall–Kier alpha value is -0.460. The van der Waals surface area contributed by atoms with Crippen molar-refractivity contribution < 1.29 is 0 Å². The van der Waals surface area contributed by atoms with E-state index in [0.717, 1.165) is 21.4 Å². The number of anilines is 1. The molecule has 0 aliphatic heterocycles. The van der Waals surface area contributed by atoms with Gasteiger partial charge in [-0.25, -0.2) is 4.68 Å². The summed E-state index contributed by atoms with van der Waals surface area (Å²) in [6.07, 6.45) is 0.865. The number of nitrogens with zero attached hydrogens (tertiary/aromatic N) is 2. The smallest absolute Gasteiger partial charge is 0.141 e. The van der Waals surface area contributed by atoms with Crippen LogP contribution in [-0.4, -0.2) is 9.78 Å². The molecule has 0 bridgehead atoms. The average molecular weight is 424 g/mol. The van der Waals surface area contributed by atoms with Crippen molar-refractivity contribution in [3.05, 3.63) is 37.5 Å². The van der Waals surface area contributed by atoms with E-state index < -0.39 is 0 Å². The molecule has 0 radical (unpaired) electrons. The molecule has 2 aromatic rings. The maximum atomic E-state index is 6.16. The molecule has 20 heavy (non-hydrogen) atoms. The normalized spacial score (nSPS) is 11.9. The van der Waals surface area contributed by atoms with Crippen LogP contribution in [0.1, 0.15) is 26.5 Å². The van der Waals surface area contributed by atoms with Gasteiger partial charge < -0.3 is 5.73 Å². The lowest BCUT2D eigenvalue weighted by Gasteiger charge is -2.16. The van der Waals surface area contributed by atoms with Crippen molar-refractivity contribution in [2.24, 2.45) is 5.41 Å². The zero-order valence-electron chi connectivity index (χ0n) is 11.5. The predicted octanol–water partition coefficient (Wildman–Crippen LogP) is 4.95. The van der Waals surface area contributed by atoms with Crippen LogP contribution in [0.15, 0.2) is 18.2 Å². The van der Waals surface area contributed by atoms with Crippen LogP contribution in [0.4, 0.5) is 5.82 Å². The van der Waals surface area contributed by atoms with Crippen LogP contribution < -0.4 is 5.73 Å². The second-order valence-corrected chi connectivity index (χ2v) is 7.79. The number of benzene rings is 1. The first kappa shape index (κ1) is 15.9. The summed E-state index contributed by atoms with van der Waals surface area (Å²) < 4.78 is 2.70. The highest BCUT2D eigenvalue weighted by atomic mass is 127. The lowest BCUT2D eigenvalue weighted by molar-refractivity contribution is 0.404. The van der Waals surface area contributed by atoms with Crippen LogP contribution in [0, 0.1) is 8.99 Å². The van der Waals surface area contributed by atoms with E-state index in [2.05, 4.69) is 48.5 Å². The van der Waals surface area contributed by atoms with Gasteiger partial charge in [0.2, 0.25) is 0 Å². The van der Waals surface area contributed by atoms with Gasteiger partial charge >= 0.3 is 0 Å². The summed E-state index contributed by atoms with van der Waals surface area (Å²) >= 11 is 14.2. The van der Waals surface area contributed by atoms with E-state index in [0.29, 0.717) is 15.9 Å². The molecule has 0 amide bonds. The number of hydrogen-bond acceptors (Lipinski definition) is 2. The lowest BCUT2D eigenvalue weighted by Crippen LogP contribution is -2.10. The number of rotatable bonds is 2. The Morgan fingerprint density at radius 2 is 1.90 bits per heavy atom. The molecule has 0 saturated carbocycles. The molecule has 2 rings (SSSR count). The molecule has 1 aromatic heterocycles. The third kappa shape index (κ3) is 3.40. The molecule has 0 unspecified atom stereocenters. The fourth-order valence-electron chi connectivity index (χ4n) is 1.89. The Kier molecular flexibility index (Phi) is 4.56. The number of aromatic nitrogens is 2. The van der Waals surface area contributed by atoms with Crippen molar-refractivity contribution in [3.8, 4) is 5.69 Å². The molecular formula is C14H16Cl2IN3. The first-order chi connectivity index (χ1) is 9.19. The molecule has 0 aliphatic rings. The summed E-state index contributed by atoms with van der Waals surface area (Å²) in [5, 5.41) is 5.63. The fourth-order valence-corrected chi connectivity index (χ4v) is 2.71. The van der Waals surface area contributed by atoms with Crippen molar-refractivity contribution in [1.29, 1.82) is 0 Å². The second-order valence-electron chi connectivity index (χ2n) is 5.89. The summed E-state index contributed by atoms with van der Waals surface area (Å²) in [5.41, 5.74) is 8.13. The van der Waals surface area contributed by atoms with Crippen molar-refractivity contribution >= 4 is 51.6 Å². The van der Waals surface area contributed by atoms with E-state index in [9.17, 15) is 0 Å². The zero-order valence-corrected chi connectivity index (χ0v) is 15.2. The molecule has 1 heterocycles. The van der Waals surface area contributed by atoms with Gasteiger partial charge in [0.15, 0.2) is 0 Å². The summed E-state index contributed by atoms with van der Waals surface area (Å²) in [4.78, 5) is 0. The van der Waals surface area contributed by atoms with Gasteiger partial charge in [0, 0.05) is 0 Å². The average Bonchev–Trinajstić information content (AvgIpc) is 2.59. The van der Waals surface area contributed by atoms with Crippen LogP contribution in [0.5, 0.6) is 0 Å². The topological polar surface area (TPSA) is 43.8 Å². The molecule has 1 aromatic carbocycles. The second kappa shape index (κ2) is 5.73. The summed E-state index contributed by atoms with van der Waals surface area (Å²) in [5.74, 6) is 0.628. The molecule has 108 valence electrons. The number of nitrogen functional groups attached to an aromatic ring is 1. The maximum Gasteiger partial charge on any atom is 0.141 e. The van der Waals surface area contributed by atoms with Gasteiger partial charge in [-0.05, 0) is 52.6 Å². The Labute approximate surface area is 142 Å². The highest BCUT2D eigenvalue weighted by Crippen LogP contribution is 2.30. The monoisotopic (exact) mass is 423 g/mol. The highest BCUT2D eigenvalue weighted by molar-refractivity contribution is 14.1. The lowest BCUT2D eigenvalue weighted by atomic mass is 9.91. The molecule has 0 fully saturated rings. The van der Waals surface area contributed by atoms with Crippen LogP contribution in [0.25, 0.3) is 5.69 Å². The van der Waals surface area contributed by atoms with E-state index in [1.807, 2.05) is 6.07 Å². The minimum atomic E-state index is 0.156. The Balaban J connectivity index is 2.47. The third-order valence-corrected chi connectivity index (χ3v) is 4.69. The molecule has 0 saturated heterocycles. The molecule has 0 aliphatic carbocycles. The number of halogens is 3. The molecule has 3 nitrogen and oxygen atoms in total. The van der Waals surface area contributed by atoms with Crippen LogP contribution >= 0.6 is 45.8 Å². The van der Waals surface area contributed by atoms with Crippen LogP contribution in [0.3, 0.4) is 0 Å². The summed E-state index contributed by atoms with van der Waals surface area (Å²) in [6.45, 7) is 6.53. The zero-order chi connectivity index (χ0) is 15.1. The van der Waals surface area contributed by atoms with E-state index in [4.69, 9.17) is 28.9 Å². The SMILES string of the molecule is CC(C)(C)Cc1nn(-c2ccc(Cl)c(Cl)c2)c(N)c1I. The first-order valence-electron chi connectivity index (χ1n) is 6.17. The van der Waals surface area contributed by atoms with Gasteiger partial charge in [-0.2, -0.15) is 5.10 Å². The Bertz CT molecular complexity index is 645. The van der Waals surface area contributed by atoms with Crippen molar-refractivity contribution in [1.82, 2.24) is 9.78 Å². The maximum absolute atomic E-state index is 6.16. The molecule has 2 N–H and O–H groups in total. The minimum absolute atomic E-state index is 0.156. The number of nitrogens with two attached hydrogens (primary N) is 1. The van der Waals surface area contributed by atoms with Gasteiger partial charge in [0.1, 0.15) is 5.82 Å². The summed E-state index contributed by atoms with van der Waals surface area (Å²) in [7, 11) is 0. The molecular weight excluding hydrogens is 408 g/mol. The van der Waals surface area contributed by atoms with Gasteiger partial charge in [0.05, 0.1) is 25.0 Å². The van der Waals surface area contributed by atoms with E-state index in [1.54, 1.807) is 16.8 Å². The van der Waals surface area contributed by atoms with Gasteiger partial charge in [-0.15, -0.1) is 0 Å². The largest absolute Gasteiger partial charge is 0.383 e. The fraction of sp³-hybridized carbons (Fsp3) is 0.357. The van der Waals surface area contributed by atoms with Gasteiger partial charge in [-0.3, -0.25) is 0 Å². The highest BCUT2D eigenvalue weighted by Gasteiger charge is 2.20. The third-order valence-electron chi connectivity index (χ3n) is 2.77. The van der Waals surface area contributed by atoms with Crippen LogP contribution in [-0.2, 0) is 6.42 Å². The quantitative estimate of drug-likeness (QED) is 0.694. The van der Waals surface area contributed by atoms with Gasteiger partial charge in [0.25, 0.3) is 0 Å². The number of hydrogen-bond donors (Lipinski definition) is 1. The minimum Gasteiger partial charge on any atom is -0.383 e. The molecule has 6 heteroatoms. The van der Waals surface area contributed by atoms with E-state index in [1.165, 1.54) is 0 Å². The predicted molar refractivity (Wildman–Crippen MR) is 93.9 cm³/mol. The molecule has 0 atom stereocenters. The van der Waals surface area contributed by atoms with Crippen molar-refractivity contribution in [2.75, 3.05) is 5.73 Å². The standard InChI is InChI=1S/C14H16Cl2IN3/c1-14(2,3)7-11-12(17)13(18)20(19-11)8-4-5-9(15)10(16)6-8/h4-6H,7,18H2,1-3H3. The molecule has 0 spiro atoms.